The summed E-state index contributed by atoms with van der Waals surface area (Å²) in [6.45, 7) is 5.86. The average Bonchev–Trinajstić information content (AvgIpc) is 3.30. The van der Waals surface area contributed by atoms with Crippen molar-refractivity contribution >= 4 is 41.8 Å². The minimum Gasteiger partial charge on any atom is -0.471 e. The Labute approximate surface area is 263 Å². The van der Waals surface area contributed by atoms with Gasteiger partial charge in [-0.2, -0.15) is 0 Å². The summed E-state index contributed by atoms with van der Waals surface area (Å²) in [5, 5.41) is 0. The molecule has 17 nitrogen and oxygen atoms in total. The van der Waals surface area contributed by atoms with E-state index in [1.807, 2.05) is 0 Å². The van der Waals surface area contributed by atoms with E-state index in [9.17, 15) is 33.6 Å². The van der Waals surface area contributed by atoms with Crippen molar-refractivity contribution in [2.24, 2.45) is 11.8 Å². The van der Waals surface area contributed by atoms with Crippen molar-refractivity contribution in [1.82, 2.24) is 0 Å². The molecule has 0 saturated carbocycles. The van der Waals surface area contributed by atoms with Gasteiger partial charge < -0.3 is 47.4 Å². The fraction of sp³-hybridized carbons (Fsp3) is 0.621. The summed E-state index contributed by atoms with van der Waals surface area (Å²) in [5.41, 5.74) is 0.297. The second-order valence-corrected chi connectivity index (χ2v) is 10.4. The van der Waals surface area contributed by atoms with Crippen LogP contribution >= 0.6 is 0 Å². The van der Waals surface area contributed by atoms with Crippen molar-refractivity contribution in [3.05, 3.63) is 23.5 Å². The number of fused-ring (bicyclic) bond motifs is 1. The molecule has 0 aromatic carbocycles. The Morgan fingerprint density at radius 2 is 1.24 bits per heavy atom. The summed E-state index contributed by atoms with van der Waals surface area (Å²) < 4.78 is 54.9. The maximum atomic E-state index is 12.7. The van der Waals surface area contributed by atoms with Gasteiger partial charge >= 0.3 is 41.8 Å². The minimum atomic E-state index is -1.65. The van der Waals surface area contributed by atoms with Crippen molar-refractivity contribution in [3.63, 3.8) is 0 Å². The zero-order chi connectivity index (χ0) is 34.3. The normalized spacial score (nSPS) is 29.8. The lowest BCUT2D eigenvalue weighted by Crippen LogP contribution is -2.63. The number of esters is 7. The van der Waals surface area contributed by atoms with Crippen LogP contribution in [0.2, 0.25) is 0 Å². The van der Waals surface area contributed by atoms with Crippen LogP contribution in [0.3, 0.4) is 0 Å². The van der Waals surface area contributed by atoms with Crippen LogP contribution in [0, 0.1) is 11.8 Å². The van der Waals surface area contributed by atoms with Gasteiger partial charge in [-0.05, 0) is 11.6 Å². The minimum absolute atomic E-state index is 0.0331. The van der Waals surface area contributed by atoms with Crippen molar-refractivity contribution in [2.75, 3.05) is 20.3 Å². The number of hydrogen-bond donors (Lipinski definition) is 0. The van der Waals surface area contributed by atoms with E-state index in [1.165, 1.54) is 19.9 Å². The van der Waals surface area contributed by atoms with Crippen LogP contribution in [0.1, 0.15) is 41.5 Å². The number of methoxy groups -OCH3 is 1. The number of carbonyl (C=O) groups is 7. The average molecular weight is 657 g/mol. The molecule has 17 heteroatoms. The molecule has 0 bridgehead atoms. The van der Waals surface area contributed by atoms with Crippen LogP contribution < -0.4 is 0 Å². The van der Waals surface area contributed by atoms with Gasteiger partial charge in [0.25, 0.3) is 0 Å². The summed E-state index contributed by atoms with van der Waals surface area (Å²) in [4.78, 5) is 84.6. The molecule has 9 atom stereocenters. The first-order chi connectivity index (χ1) is 21.6. The maximum absolute atomic E-state index is 12.7. The third-order valence-corrected chi connectivity index (χ3v) is 6.91. The fourth-order valence-electron chi connectivity index (χ4n) is 5.36. The molecular formula is C29H36O17. The lowest BCUT2D eigenvalue weighted by Gasteiger charge is -2.46. The molecule has 254 valence electrons. The second-order valence-electron chi connectivity index (χ2n) is 10.4. The molecule has 1 saturated heterocycles. The van der Waals surface area contributed by atoms with Gasteiger partial charge in [-0.25, -0.2) is 4.79 Å². The number of hydrogen-bond acceptors (Lipinski definition) is 17. The van der Waals surface area contributed by atoms with E-state index < -0.39 is 103 Å². The zero-order valence-electron chi connectivity index (χ0n) is 26.2. The summed E-state index contributed by atoms with van der Waals surface area (Å²) in [6.07, 6.45) is -7.46. The van der Waals surface area contributed by atoms with Crippen molar-refractivity contribution in [3.8, 4) is 0 Å². The first-order valence-corrected chi connectivity index (χ1v) is 14.0. The van der Waals surface area contributed by atoms with Gasteiger partial charge in [0.1, 0.15) is 25.4 Å². The topological polar surface area (TPSA) is 212 Å². The monoisotopic (exact) mass is 656 g/mol. The Bertz CT molecular complexity index is 1280. The molecule has 0 aromatic rings. The SMILES string of the molecule is COC(=O)C1=CO[C@@H](O[C@@H]2O[C@H](COC(C)=O)[C@@H](OC(C)=O)[C@H](OC(C)=O)[C@H]2OC(C)=O)[C@@H]2C(COC(C)=O)=C[C@@H](OC(C)=O)[C@H]12. The Morgan fingerprint density at radius 1 is 0.674 bits per heavy atom. The first-order valence-electron chi connectivity index (χ1n) is 14.0. The van der Waals surface area contributed by atoms with Gasteiger partial charge in [0.2, 0.25) is 12.6 Å². The highest BCUT2D eigenvalue weighted by atomic mass is 16.8. The Balaban J connectivity index is 2.09. The number of ether oxygens (including phenoxy) is 10. The predicted octanol–water partition coefficient (Wildman–Crippen LogP) is 0.167. The molecule has 2 heterocycles. The Hall–Kier alpha value is -4.51. The Kier molecular flexibility index (Phi) is 12.2. The number of carbonyl (C=O) groups excluding carboxylic acids is 7. The van der Waals surface area contributed by atoms with Crippen LogP contribution in [0.4, 0.5) is 0 Å². The van der Waals surface area contributed by atoms with Crippen molar-refractivity contribution in [1.29, 1.82) is 0 Å². The van der Waals surface area contributed by atoms with E-state index >= 15 is 0 Å². The molecule has 3 rings (SSSR count). The second kappa shape index (κ2) is 15.7. The largest absolute Gasteiger partial charge is 0.471 e. The molecular weight excluding hydrogens is 620 g/mol. The molecule has 0 amide bonds. The van der Waals surface area contributed by atoms with Crippen LogP contribution in [0.5, 0.6) is 0 Å². The molecule has 46 heavy (non-hydrogen) atoms. The molecule has 3 aliphatic rings. The smallest absolute Gasteiger partial charge is 0.337 e. The summed E-state index contributed by atoms with van der Waals surface area (Å²) >= 11 is 0. The van der Waals surface area contributed by atoms with E-state index in [0.29, 0.717) is 5.57 Å². The molecule has 1 aliphatic carbocycles. The lowest BCUT2D eigenvalue weighted by atomic mass is 9.82. The molecule has 1 fully saturated rings. The van der Waals surface area contributed by atoms with E-state index in [2.05, 4.69) is 0 Å². The van der Waals surface area contributed by atoms with Gasteiger partial charge in [0, 0.05) is 47.5 Å². The standard InChI is InChI=1S/C29H36O17/c1-12(30)38-9-18-8-20(41-14(3)32)23-19(27(36)37-7)10-40-28(22(18)23)46-29-26(44-17(6)35)25(43-16(5)34)24(42-15(4)33)21(45-29)11-39-13(2)31/h8,10,20-26,28-29H,9,11H2,1-7H3/t20-,21-,22-,23+,24-,25+,26-,28+,29+/m1/s1. The van der Waals surface area contributed by atoms with Gasteiger partial charge in [-0.1, -0.05) is 0 Å². The highest BCUT2D eigenvalue weighted by Crippen LogP contribution is 2.46. The van der Waals surface area contributed by atoms with Gasteiger partial charge in [0.05, 0.1) is 24.9 Å². The molecule has 0 aromatic heterocycles. The van der Waals surface area contributed by atoms with Crippen molar-refractivity contribution < 1.29 is 80.9 Å². The molecule has 0 radical (unpaired) electrons. The van der Waals surface area contributed by atoms with E-state index in [4.69, 9.17) is 47.4 Å². The lowest BCUT2D eigenvalue weighted by molar-refractivity contribution is -0.342. The quantitative estimate of drug-likeness (QED) is 0.165. The van der Waals surface area contributed by atoms with Crippen LogP contribution in [0.25, 0.3) is 0 Å². The van der Waals surface area contributed by atoms with Crippen molar-refractivity contribution in [2.45, 2.75) is 84.6 Å². The van der Waals surface area contributed by atoms with E-state index in [-0.39, 0.29) is 12.2 Å². The molecule has 0 N–H and O–H groups in total. The summed E-state index contributed by atoms with van der Waals surface area (Å²) in [6, 6.07) is 0. The van der Waals surface area contributed by atoms with Crippen LogP contribution in [-0.4, -0.2) is 105 Å². The van der Waals surface area contributed by atoms with E-state index in [1.54, 1.807) is 0 Å². The zero-order valence-corrected chi connectivity index (χ0v) is 26.2. The number of rotatable bonds is 11. The third kappa shape index (κ3) is 9.03. The fourth-order valence-corrected chi connectivity index (χ4v) is 5.36. The Morgan fingerprint density at radius 3 is 1.78 bits per heavy atom. The molecule has 0 spiro atoms. The summed E-state index contributed by atoms with van der Waals surface area (Å²) in [5.74, 6) is -7.32. The highest BCUT2D eigenvalue weighted by Gasteiger charge is 2.56. The molecule has 2 aliphatic heterocycles. The van der Waals surface area contributed by atoms with Crippen LogP contribution in [0.15, 0.2) is 23.5 Å². The maximum Gasteiger partial charge on any atom is 0.337 e. The van der Waals surface area contributed by atoms with Gasteiger partial charge in [0.15, 0.2) is 18.3 Å². The molecule has 0 unspecified atom stereocenters. The predicted molar refractivity (Wildman–Crippen MR) is 145 cm³/mol. The van der Waals surface area contributed by atoms with Gasteiger partial charge in [-0.15, -0.1) is 0 Å². The van der Waals surface area contributed by atoms with E-state index in [0.717, 1.165) is 41.1 Å². The third-order valence-electron chi connectivity index (χ3n) is 6.91. The first kappa shape index (κ1) is 36.0. The van der Waals surface area contributed by atoms with Crippen LogP contribution in [-0.2, 0) is 80.9 Å². The highest BCUT2D eigenvalue weighted by molar-refractivity contribution is 5.89. The van der Waals surface area contributed by atoms with Gasteiger partial charge in [-0.3, -0.25) is 28.8 Å². The summed E-state index contributed by atoms with van der Waals surface area (Å²) in [7, 11) is 1.14.